The molecule has 1 aliphatic rings. The Balaban J connectivity index is 1.94. The molecule has 0 aromatic carbocycles. The van der Waals surface area contributed by atoms with Crippen molar-refractivity contribution in [1.82, 2.24) is 10.3 Å². The summed E-state index contributed by atoms with van der Waals surface area (Å²) in [5.41, 5.74) is 5.87. The van der Waals surface area contributed by atoms with Crippen LogP contribution < -0.4 is 16.0 Å². The molecule has 1 aliphatic heterocycles. The van der Waals surface area contributed by atoms with Crippen molar-refractivity contribution < 1.29 is 4.79 Å². The number of aromatic nitrogens is 1. The summed E-state index contributed by atoms with van der Waals surface area (Å²) in [6.07, 6.45) is 3.48. The van der Waals surface area contributed by atoms with Crippen LogP contribution in [-0.4, -0.2) is 42.0 Å². The maximum absolute atomic E-state index is 12.2. The number of hydrogen-bond acceptors (Lipinski definition) is 6. The van der Waals surface area contributed by atoms with Crippen molar-refractivity contribution in [2.24, 2.45) is 0 Å². The van der Waals surface area contributed by atoms with Gasteiger partial charge in [-0.3, -0.25) is 4.79 Å². The molecule has 1 aromatic rings. The molecule has 0 bridgehead atoms. The molecule has 0 saturated carbocycles. The van der Waals surface area contributed by atoms with Crippen LogP contribution in [-0.2, 0) is 0 Å². The molecular weight excluding hydrogens is 292 g/mol. The SMILES string of the molecule is CCCN(C)c1nc(N)c(C(=O)NCC2CCCS2)s1. The summed E-state index contributed by atoms with van der Waals surface area (Å²) >= 11 is 3.30. The van der Waals surface area contributed by atoms with Gasteiger partial charge in [-0.05, 0) is 25.0 Å². The van der Waals surface area contributed by atoms with Crippen LogP contribution in [0.5, 0.6) is 0 Å². The minimum absolute atomic E-state index is 0.0938. The standard InChI is InChI=1S/C13H22N4OS2/c1-3-6-17(2)13-16-11(14)10(20-13)12(18)15-8-9-5-4-7-19-9/h9H,3-8,14H2,1-2H3,(H,15,18). The Hall–Kier alpha value is -0.950. The molecule has 0 radical (unpaired) electrons. The van der Waals surface area contributed by atoms with Gasteiger partial charge < -0.3 is 16.0 Å². The highest BCUT2D eigenvalue weighted by Gasteiger charge is 2.20. The zero-order chi connectivity index (χ0) is 14.5. The van der Waals surface area contributed by atoms with Crippen molar-refractivity contribution >= 4 is 40.0 Å². The van der Waals surface area contributed by atoms with Crippen LogP contribution in [0.15, 0.2) is 0 Å². The first-order valence-corrected chi connectivity index (χ1v) is 8.85. The third-order valence-corrected chi connectivity index (χ3v) is 5.83. The van der Waals surface area contributed by atoms with Crippen molar-refractivity contribution in [3.63, 3.8) is 0 Å². The quantitative estimate of drug-likeness (QED) is 0.842. The normalized spacial score (nSPS) is 18.2. The predicted molar refractivity (Wildman–Crippen MR) is 87.9 cm³/mol. The smallest absolute Gasteiger partial charge is 0.265 e. The molecule has 5 nitrogen and oxygen atoms in total. The molecule has 2 rings (SSSR count). The second-order valence-corrected chi connectivity index (χ2v) is 7.36. The van der Waals surface area contributed by atoms with Crippen molar-refractivity contribution in [3.05, 3.63) is 4.88 Å². The third-order valence-electron chi connectivity index (χ3n) is 3.25. The van der Waals surface area contributed by atoms with Crippen molar-refractivity contribution in [2.75, 3.05) is 36.5 Å². The zero-order valence-electron chi connectivity index (χ0n) is 12.0. The van der Waals surface area contributed by atoms with Gasteiger partial charge in [-0.2, -0.15) is 11.8 Å². The van der Waals surface area contributed by atoms with E-state index in [0.717, 1.165) is 24.6 Å². The molecule has 0 spiro atoms. The van der Waals surface area contributed by atoms with Crippen LogP contribution >= 0.6 is 23.1 Å². The number of nitrogens with zero attached hydrogens (tertiary/aromatic N) is 2. The zero-order valence-corrected chi connectivity index (χ0v) is 13.6. The fraction of sp³-hybridized carbons (Fsp3) is 0.692. The summed E-state index contributed by atoms with van der Waals surface area (Å²) in [5, 5.41) is 4.34. The topological polar surface area (TPSA) is 71.2 Å². The van der Waals surface area contributed by atoms with E-state index in [1.54, 1.807) is 0 Å². The van der Waals surface area contributed by atoms with Gasteiger partial charge in [0.1, 0.15) is 10.7 Å². The summed E-state index contributed by atoms with van der Waals surface area (Å²) < 4.78 is 0. The Morgan fingerprint density at radius 3 is 3.05 bits per heavy atom. The molecule has 1 saturated heterocycles. The second-order valence-electron chi connectivity index (χ2n) is 4.98. The molecule has 2 heterocycles. The Bertz CT molecular complexity index is 457. The monoisotopic (exact) mass is 314 g/mol. The first-order chi connectivity index (χ1) is 9.61. The van der Waals surface area contributed by atoms with E-state index < -0.39 is 0 Å². The van der Waals surface area contributed by atoms with Crippen LogP contribution in [0, 0.1) is 0 Å². The van der Waals surface area contributed by atoms with Gasteiger partial charge in [0.2, 0.25) is 0 Å². The minimum atomic E-state index is -0.0938. The fourth-order valence-electron chi connectivity index (χ4n) is 2.17. The average Bonchev–Trinajstić information content (AvgIpc) is 3.05. The molecule has 1 atom stereocenters. The lowest BCUT2D eigenvalue weighted by Gasteiger charge is -2.13. The molecular formula is C13H22N4OS2. The van der Waals surface area contributed by atoms with Crippen molar-refractivity contribution in [2.45, 2.75) is 31.4 Å². The Morgan fingerprint density at radius 1 is 1.60 bits per heavy atom. The number of anilines is 2. The molecule has 1 unspecified atom stereocenters. The molecule has 1 amide bonds. The van der Waals surface area contributed by atoms with E-state index in [2.05, 4.69) is 17.2 Å². The van der Waals surface area contributed by atoms with Crippen LogP contribution in [0.3, 0.4) is 0 Å². The number of carbonyl (C=O) groups is 1. The Morgan fingerprint density at radius 2 is 2.40 bits per heavy atom. The number of thiazole rings is 1. The highest BCUT2D eigenvalue weighted by molar-refractivity contribution is 8.00. The number of nitrogens with two attached hydrogens (primary N) is 1. The van der Waals surface area contributed by atoms with Crippen LogP contribution in [0.4, 0.5) is 10.9 Å². The second kappa shape index (κ2) is 7.17. The van der Waals surface area contributed by atoms with Gasteiger partial charge in [0, 0.05) is 25.4 Å². The number of nitrogens with one attached hydrogen (secondary N) is 1. The molecule has 1 aromatic heterocycles. The Labute approximate surface area is 128 Å². The highest BCUT2D eigenvalue weighted by atomic mass is 32.2. The van der Waals surface area contributed by atoms with Gasteiger partial charge in [0.25, 0.3) is 5.91 Å². The first kappa shape index (κ1) is 15.4. The van der Waals surface area contributed by atoms with E-state index >= 15 is 0 Å². The minimum Gasteiger partial charge on any atom is -0.382 e. The molecule has 0 aliphatic carbocycles. The number of thioether (sulfide) groups is 1. The maximum atomic E-state index is 12.2. The average molecular weight is 314 g/mol. The van der Waals surface area contributed by atoms with Gasteiger partial charge in [0.05, 0.1) is 0 Å². The van der Waals surface area contributed by atoms with E-state index in [1.165, 1.54) is 29.9 Å². The summed E-state index contributed by atoms with van der Waals surface area (Å²) in [6, 6.07) is 0. The molecule has 112 valence electrons. The van der Waals surface area contributed by atoms with E-state index in [0.29, 0.717) is 15.9 Å². The van der Waals surface area contributed by atoms with Gasteiger partial charge in [-0.1, -0.05) is 18.3 Å². The predicted octanol–water partition coefficient (Wildman–Crippen LogP) is 2.20. The fourth-order valence-corrected chi connectivity index (χ4v) is 4.26. The van der Waals surface area contributed by atoms with Gasteiger partial charge in [-0.25, -0.2) is 4.98 Å². The van der Waals surface area contributed by atoms with Crippen LogP contribution in [0.1, 0.15) is 35.9 Å². The molecule has 20 heavy (non-hydrogen) atoms. The number of carbonyl (C=O) groups excluding carboxylic acids is 1. The summed E-state index contributed by atoms with van der Waals surface area (Å²) in [5.74, 6) is 1.45. The van der Waals surface area contributed by atoms with E-state index in [9.17, 15) is 4.79 Å². The summed E-state index contributed by atoms with van der Waals surface area (Å²) in [4.78, 5) is 19.0. The van der Waals surface area contributed by atoms with Gasteiger partial charge in [0.15, 0.2) is 5.13 Å². The number of hydrogen-bond donors (Lipinski definition) is 2. The van der Waals surface area contributed by atoms with Crippen LogP contribution in [0.25, 0.3) is 0 Å². The third kappa shape index (κ3) is 3.79. The lowest BCUT2D eigenvalue weighted by Crippen LogP contribution is -2.29. The van der Waals surface area contributed by atoms with Gasteiger partial charge in [-0.15, -0.1) is 0 Å². The van der Waals surface area contributed by atoms with E-state index in [-0.39, 0.29) is 5.91 Å². The molecule has 7 heteroatoms. The Kier molecular flexibility index (Phi) is 5.54. The lowest BCUT2D eigenvalue weighted by molar-refractivity contribution is 0.0958. The van der Waals surface area contributed by atoms with E-state index in [4.69, 9.17) is 5.73 Å². The largest absolute Gasteiger partial charge is 0.382 e. The lowest BCUT2D eigenvalue weighted by atomic mass is 10.2. The number of nitrogen functional groups attached to an aromatic ring is 1. The molecule has 1 fully saturated rings. The highest BCUT2D eigenvalue weighted by Crippen LogP contribution is 2.28. The number of amides is 1. The van der Waals surface area contributed by atoms with Gasteiger partial charge >= 0.3 is 0 Å². The van der Waals surface area contributed by atoms with Crippen molar-refractivity contribution in [1.29, 1.82) is 0 Å². The molecule has 3 N–H and O–H groups in total. The number of rotatable bonds is 6. The maximum Gasteiger partial charge on any atom is 0.265 e. The van der Waals surface area contributed by atoms with Crippen LogP contribution in [0.2, 0.25) is 0 Å². The summed E-state index contributed by atoms with van der Waals surface area (Å²) in [6.45, 7) is 3.74. The summed E-state index contributed by atoms with van der Waals surface area (Å²) in [7, 11) is 1.97. The van der Waals surface area contributed by atoms with E-state index in [1.807, 2.05) is 23.7 Å². The van der Waals surface area contributed by atoms with Crippen molar-refractivity contribution in [3.8, 4) is 0 Å². The first-order valence-electron chi connectivity index (χ1n) is 6.99.